The molecule has 2 rings (SSSR count). The lowest BCUT2D eigenvalue weighted by Crippen LogP contribution is -2.23. The molecule has 6 heteroatoms. The van der Waals surface area contributed by atoms with Crippen LogP contribution >= 0.6 is 11.3 Å². The number of carbonyl (C=O) groups excluding carboxylic acids is 1. The second kappa shape index (κ2) is 7.77. The Bertz CT molecular complexity index is 672. The number of rotatable bonds is 7. The van der Waals surface area contributed by atoms with Gasteiger partial charge in [0.05, 0.1) is 17.8 Å². The topological polar surface area (TPSA) is 65.5 Å². The zero-order chi connectivity index (χ0) is 17.7. The Morgan fingerprint density at radius 1 is 1.29 bits per heavy atom. The highest BCUT2D eigenvalue weighted by atomic mass is 32.1. The minimum atomic E-state index is -0.672. The number of amides is 1. The summed E-state index contributed by atoms with van der Waals surface area (Å²) in [5.74, 6) is -0.108. The van der Waals surface area contributed by atoms with Crippen LogP contribution < -0.4 is 10.2 Å². The molecule has 1 aromatic carbocycles. The van der Waals surface area contributed by atoms with Crippen LogP contribution in [0.1, 0.15) is 41.9 Å². The molecule has 2 N–H and O–H groups in total. The van der Waals surface area contributed by atoms with Crippen LogP contribution in [0.5, 0.6) is 0 Å². The summed E-state index contributed by atoms with van der Waals surface area (Å²) in [6, 6.07) is 7.52. The lowest BCUT2D eigenvalue weighted by Gasteiger charge is -2.16. The Labute approximate surface area is 147 Å². The van der Waals surface area contributed by atoms with Crippen LogP contribution in [0, 0.1) is 0 Å². The Balaban J connectivity index is 1.87. The number of hydrogen-bond donors (Lipinski definition) is 2. The van der Waals surface area contributed by atoms with Crippen LogP contribution in [-0.4, -0.2) is 35.7 Å². The number of nitrogens with zero attached hydrogens (tertiary/aromatic N) is 2. The van der Waals surface area contributed by atoms with Crippen molar-refractivity contribution in [2.75, 3.05) is 19.0 Å². The molecule has 2 aromatic rings. The highest BCUT2D eigenvalue weighted by Gasteiger charge is 2.12. The number of thiazole rings is 1. The lowest BCUT2D eigenvalue weighted by molar-refractivity contribution is 0.0713. The van der Waals surface area contributed by atoms with E-state index in [2.05, 4.69) is 10.3 Å². The van der Waals surface area contributed by atoms with E-state index in [0.29, 0.717) is 18.5 Å². The third kappa shape index (κ3) is 5.62. The number of aromatic nitrogens is 1. The molecule has 0 atom stereocenters. The van der Waals surface area contributed by atoms with E-state index in [-0.39, 0.29) is 5.91 Å². The van der Waals surface area contributed by atoms with Crippen molar-refractivity contribution < 1.29 is 9.90 Å². The SMILES string of the molecule is CN(C)c1nc(CNC(=O)c2ccc(CCC(C)(C)O)cc2)cs1. The molecule has 1 aromatic heterocycles. The molecular weight excluding hydrogens is 322 g/mol. The molecule has 24 heavy (non-hydrogen) atoms. The molecule has 1 heterocycles. The van der Waals surface area contributed by atoms with Gasteiger partial charge in [0.15, 0.2) is 5.13 Å². The van der Waals surface area contributed by atoms with Gasteiger partial charge in [0.1, 0.15) is 0 Å². The summed E-state index contributed by atoms with van der Waals surface area (Å²) >= 11 is 1.56. The van der Waals surface area contributed by atoms with Crippen LogP contribution in [-0.2, 0) is 13.0 Å². The largest absolute Gasteiger partial charge is 0.390 e. The summed E-state index contributed by atoms with van der Waals surface area (Å²) in [6.07, 6.45) is 1.48. The van der Waals surface area contributed by atoms with Gasteiger partial charge in [-0.05, 0) is 44.4 Å². The van der Waals surface area contributed by atoms with Crippen LogP contribution in [0.3, 0.4) is 0 Å². The van der Waals surface area contributed by atoms with Gasteiger partial charge in [-0.3, -0.25) is 4.79 Å². The highest BCUT2D eigenvalue weighted by Crippen LogP contribution is 2.18. The van der Waals surface area contributed by atoms with Crippen LogP contribution in [0.15, 0.2) is 29.6 Å². The third-order valence-corrected chi connectivity index (χ3v) is 4.65. The van der Waals surface area contributed by atoms with Gasteiger partial charge in [0.2, 0.25) is 0 Å². The fourth-order valence-corrected chi connectivity index (χ4v) is 2.89. The minimum absolute atomic E-state index is 0.108. The van der Waals surface area contributed by atoms with E-state index in [1.54, 1.807) is 25.2 Å². The van der Waals surface area contributed by atoms with E-state index in [1.165, 1.54) is 0 Å². The van der Waals surface area contributed by atoms with Gasteiger partial charge in [-0.2, -0.15) is 0 Å². The van der Waals surface area contributed by atoms with E-state index >= 15 is 0 Å². The predicted molar refractivity (Wildman–Crippen MR) is 98.7 cm³/mol. The normalized spacial score (nSPS) is 11.4. The van der Waals surface area contributed by atoms with Gasteiger partial charge in [0.25, 0.3) is 5.91 Å². The summed E-state index contributed by atoms with van der Waals surface area (Å²) < 4.78 is 0. The maximum absolute atomic E-state index is 12.2. The first-order chi connectivity index (χ1) is 11.2. The molecule has 130 valence electrons. The lowest BCUT2D eigenvalue weighted by atomic mass is 9.98. The van der Waals surface area contributed by atoms with Crippen LogP contribution in [0.2, 0.25) is 0 Å². The third-order valence-electron chi connectivity index (χ3n) is 3.59. The summed E-state index contributed by atoms with van der Waals surface area (Å²) in [6.45, 7) is 4.02. The maximum atomic E-state index is 12.2. The van der Waals surface area contributed by atoms with Crippen molar-refractivity contribution in [2.24, 2.45) is 0 Å². The van der Waals surface area contributed by atoms with Crippen molar-refractivity contribution in [1.82, 2.24) is 10.3 Å². The first kappa shape index (κ1) is 18.4. The summed E-state index contributed by atoms with van der Waals surface area (Å²) in [5, 5.41) is 15.5. The first-order valence-electron chi connectivity index (χ1n) is 7.96. The number of aliphatic hydroxyl groups is 1. The molecule has 0 spiro atoms. The molecule has 0 saturated heterocycles. The molecule has 0 aliphatic carbocycles. The van der Waals surface area contributed by atoms with Crippen molar-refractivity contribution in [3.05, 3.63) is 46.5 Å². The molecule has 0 saturated carbocycles. The molecule has 0 fully saturated rings. The van der Waals surface area contributed by atoms with Crippen molar-refractivity contribution in [1.29, 1.82) is 0 Å². The zero-order valence-electron chi connectivity index (χ0n) is 14.7. The quantitative estimate of drug-likeness (QED) is 0.808. The van der Waals surface area contributed by atoms with Gasteiger partial charge in [-0.15, -0.1) is 11.3 Å². The van der Waals surface area contributed by atoms with Gasteiger partial charge in [-0.1, -0.05) is 12.1 Å². The number of anilines is 1. The summed E-state index contributed by atoms with van der Waals surface area (Å²) in [7, 11) is 3.89. The number of benzene rings is 1. The molecular formula is C18H25N3O2S. The molecule has 0 radical (unpaired) electrons. The minimum Gasteiger partial charge on any atom is -0.390 e. The molecule has 0 bridgehead atoms. The second-order valence-corrected chi connectivity index (χ2v) is 7.54. The van der Waals surface area contributed by atoms with E-state index in [1.807, 2.05) is 48.6 Å². The number of hydrogen-bond acceptors (Lipinski definition) is 5. The van der Waals surface area contributed by atoms with Gasteiger partial charge in [-0.25, -0.2) is 4.98 Å². The van der Waals surface area contributed by atoms with E-state index in [0.717, 1.165) is 22.8 Å². The van der Waals surface area contributed by atoms with Crippen LogP contribution in [0.4, 0.5) is 5.13 Å². The molecule has 1 amide bonds. The van der Waals surface area contributed by atoms with Crippen molar-refractivity contribution >= 4 is 22.4 Å². The van der Waals surface area contributed by atoms with E-state index in [4.69, 9.17) is 0 Å². The number of nitrogens with one attached hydrogen (secondary N) is 1. The summed E-state index contributed by atoms with van der Waals surface area (Å²) in [5.41, 5.74) is 1.93. The van der Waals surface area contributed by atoms with Crippen molar-refractivity contribution in [3.63, 3.8) is 0 Å². The average molecular weight is 347 g/mol. The van der Waals surface area contributed by atoms with E-state index < -0.39 is 5.60 Å². The Morgan fingerprint density at radius 3 is 2.50 bits per heavy atom. The molecule has 5 nitrogen and oxygen atoms in total. The Hall–Kier alpha value is -1.92. The number of carbonyl (C=O) groups is 1. The number of aryl methyl sites for hydroxylation is 1. The van der Waals surface area contributed by atoms with Crippen molar-refractivity contribution in [3.8, 4) is 0 Å². The summed E-state index contributed by atoms with van der Waals surface area (Å²) in [4.78, 5) is 18.6. The highest BCUT2D eigenvalue weighted by molar-refractivity contribution is 7.13. The predicted octanol–water partition coefficient (Wildman–Crippen LogP) is 2.84. The van der Waals surface area contributed by atoms with E-state index in [9.17, 15) is 9.90 Å². The zero-order valence-corrected chi connectivity index (χ0v) is 15.5. The first-order valence-corrected chi connectivity index (χ1v) is 8.84. The molecule has 0 aliphatic heterocycles. The maximum Gasteiger partial charge on any atom is 0.251 e. The Morgan fingerprint density at radius 2 is 1.96 bits per heavy atom. The Kier molecular flexibility index (Phi) is 5.96. The van der Waals surface area contributed by atoms with Gasteiger partial charge < -0.3 is 15.3 Å². The second-order valence-electron chi connectivity index (χ2n) is 6.71. The fourth-order valence-electron chi connectivity index (χ4n) is 2.13. The smallest absolute Gasteiger partial charge is 0.251 e. The monoisotopic (exact) mass is 347 g/mol. The van der Waals surface area contributed by atoms with Crippen molar-refractivity contribution in [2.45, 2.75) is 38.8 Å². The molecule has 0 unspecified atom stereocenters. The van der Waals surface area contributed by atoms with Gasteiger partial charge >= 0.3 is 0 Å². The molecule has 0 aliphatic rings. The van der Waals surface area contributed by atoms with Gasteiger partial charge in [0, 0.05) is 25.0 Å². The van der Waals surface area contributed by atoms with Crippen LogP contribution in [0.25, 0.3) is 0 Å². The standard InChI is InChI=1S/C18H25N3O2S/c1-18(2,23)10-9-13-5-7-14(8-6-13)16(22)19-11-15-12-24-17(20-15)21(3)4/h5-8,12,23H,9-11H2,1-4H3,(H,19,22). The average Bonchev–Trinajstić information content (AvgIpc) is 2.99. The fraction of sp³-hybridized carbons (Fsp3) is 0.444.